The molecule has 0 aliphatic rings. The van der Waals surface area contributed by atoms with Gasteiger partial charge in [-0.2, -0.15) is 0 Å². The summed E-state index contributed by atoms with van der Waals surface area (Å²) in [5.74, 6) is 0.656. The van der Waals surface area contributed by atoms with Crippen LogP contribution in [0.1, 0.15) is 367 Å². The van der Waals surface area contributed by atoms with Crippen molar-refractivity contribution in [1.82, 2.24) is 0 Å². The normalized spacial score (nSPS) is 11.3. The average molecular weight is 1190 g/mol. The molecular weight excluding hydrogens is 1040 g/mol. The molecule has 87 heavy (non-hydrogen) atoms. The molecule has 5 rings (SSSR count). The molecule has 0 aliphatic carbocycles. The van der Waals surface area contributed by atoms with E-state index in [1.54, 1.807) is 89.0 Å². The lowest BCUT2D eigenvalue weighted by Crippen LogP contribution is -2.18. The Labute approximate surface area is 543 Å². The largest absolute Gasteiger partial charge is 0.0654 e. The van der Waals surface area contributed by atoms with E-state index < -0.39 is 0 Å². The predicted molar refractivity (Wildman–Crippen MR) is 397 cm³/mol. The number of hydrogen-bond acceptors (Lipinski definition) is 0. The third-order valence-electron chi connectivity index (χ3n) is 18.4. The molecule has 490 valence electrons. The average Bonchev–Trinajstić information content (AvgIpc) is 3.72. The lowest BCUT2D eigenvalue weighted by molar-refractivity contribution is 0.568. The van der Waals surface area contributed by atoms with Crippen LogP contribution in [-0.4, -0.2) is 0 Å². The lowest BCUT2D eigenvalue weighted by atomic mass is 9.77. The van der Waals surface area contributed by atoms with Crippen molar-refractivity contribution in [2.45, 2.75) is 374 Å². The Morgan fingerprint density at radius 1 is 0.299 bits per heavy atom. The van der Waals surface area contributed by atoms with Crippen molar-refractivity contribution in [1.29, 1.82) is 0 Å². The van der Waals surface area contributed by atoms with E-state index in [1.165, 1.54) is 242 Å². The van der Waals surface area contributed by atoms with Gasteiger partial charge < -0.3 is 0 Å². The zero-order chi connectivity index (χ0) is 64.4. The summed E-state index contributed by atoms with van der Waals surface area (Å²) in [5.41, 5.74) is 29.0. The van der Waals surface area contributed by atoms with Crippen molar-refractivity contribution in [3.63, 3.8) is 0 Å². The molecule has 0 radical (unpaired) electrons. The van der Waals surface area contributed by atoms with Crippen LogP contribution in [0.15, 0.2) is 72.8 Å². The minimum absolute atomic E-state index is 0.259. The van der Waals surface area contributed by atoms with Crippen LogP contribution in [-0.2, 0) is 82.5 Å². The molecular formula is C87H142. The molecule has 0 atom stereocenters. The summed E-state index contributed by atoms with van der Waals surface area (Å²) >= 11 is 0. The molecule has 0 aromatic heterocycles. The van der Waals surface area contributed by atoms with Crippen LogP contribution in [0, 0.1) is 13.8 Å². The molecule has 0 fully saturated rings. The van der Waals surface area contributed by atoms with Gasteiger partial charge in [0.2, 0.25) is 0 Å². The number of hydrogen-bond donors (Lipinski definition) is 0. The Morgan fingerprint density at radius 3 is 0.874 bits per heavy atom. The van der Waals surface area contributed by atoms with Crippen molar-refractivity contribution >= 4 is 0 Å². The Balaban J connectivity index is 0.000000397. The van der Waals surface area contributed by atoms with Gasteiger partial charge in [0, 0.05) is 0 Å². The Morgan fingerprint density at radius 2 is 0.563 bits per heavy atom. The fraction of sp³-hybridized carbons (Fsp3) is 0.655. The van der Waals surface area contributed by atoms with Gasteiger partial charge in [0.15, 0.2) is 0 Å². The first-order chi connectivity index (χ1) is 42.0. The highest BCUT2D eigenvalue weighted by Gasteiger charge is 2.23. The maximum absolute atomic E-state index is 2.53. The maximum Gasteiger partial charge on any atom is -0.0120 e. The van der Waals surface area contributed by atoms with Gasteiger partial charge >= 0.3 is 0 Å². The van der Waals surface area contributed by atoms with Crippen molar-refractivity contribution in [2.24, 2.45) is 0 Å². The smallest absolute Gasteiger partial charge is 0.0120 e. The van der Waals surface area contributed by atoms with Gasteiger partial charge in [-0.05, 0) is 279 Å². The molecule has 0 N–H and O–H groups in total. The van der Waals surface area contributed by atoms with Crippen LogP contribution < -0.4 is 0 Å². The predicted octanol–water partition coefficient (Wildman–Crippen LogP) is 27.6. The molecule has 0 aliphatic heterocycles. The van der Waals surface area contributed by atoms with Crippen LogP contribution in [0.3, 0.4) is 0 Å². The van der Waals surface area contributed by atoms with Gasteiger partial charge in [0.1, 0.15) is 0 Å². The summed E-state index contributed by atoms with van der Waals surface area (Å²) in [6.07, 6.45) is 46.1. The van der Waals surface area contributed by atoms with Crippen molar-refractivity contribution < 1.29 is 0 Å². The van der Waals surface area contributed by atoms with Crippen LogP contribution in [0.4, 0.5) is 0 Å². The van der Waals surface area contributed by atoms with Crippen LogP contribution in [0.2, 0.25) is 0 Å². The molecule has 5 aromatic rings. The third-order valence-corrected chi connectivity index (χ3v) is 18.4. The summed E-state index contributed by atoms with van der Waals surface area (Å²) in [5, 5.41) is 0. The fourth-order valence-electron chi connectivity index (χ4n) is 13.3. The second-order valence-corrected chi connectivity index (χ2v) is 27.8. The summed E-state index contributed by atoms with van der Waals surface area (Å²) < 4.78 is 0. The van der Waals surface area contributed by atoms with E-state index in [9.17, 15) is 0 Å². The Hall–Kier alpha value is -3.90. The van der Waals surface area contributed by atoms with Crippen molar-refractivity contribution in [2.75, 3.05) is 0 Å². The van der Waals surface area contributed by atoms with Gasteiger partial charge in [0.05, 0.1) is 0 Å². The molecule has 0 bridgehead atoms. The second-order valence-electron chi connectivity index (χ2n) is 27.8. The summed E-state index contributed by atoms with van der Waals surface area (Å²) in [4.78, 5) is 0. The zero-order valence-electron chi connectivity index (χ0n) is 61.5. The number of rotatable bonds is 38. The van der Waals surface area contributed by atoms with E-state index in [0.29, 0.717) is 5.92 Å². The quantitative estimate of drug-likeness (QED) is 0.0369. The van der Waals surface area contributed by atoms with Gasteiger partial charge in [0.25, 0.3) is 0 Å². The van der Waals surface area contributed by atoms with Crippen LogP contribution in [0.25, 0.3) is 11.1 Å². The fourth-order valence-corrected chi connectivity index (χ4v) is 13.3. The molecule has 0 heteroatoms. The van der Waals surface area contributed by atoms with Gasteiger partial charge in [-0.15, -0.1) is 0 Å². The van der Waals surface area contributed by atoms with E-state index in [0.717, 1.165) is 0 Å². The molecule has 0 spiro atoms. The van der Waals surface area contributed by atoms with E-state index in [2.05, 4.69) is 204 Å². The first kappa shape index (κ1) is 79.2. The summed E-state index contributed by atoms with van der Waals surface area (Å²) in [7, 11) is 0. The Kier molecular flexibility index (Phi) is 42.9. The highest BCUT2D eigenvalue weighted by Crippen LogP contribution is 2.36. The van der Waals surface area contributed by atoms with Crippen LogP contribution >= 0.6 is 0 Å². The van der Waals surface area contributed by atoms with Gasteiger partial charge in [-0.1, -0.05) is 268 Å². The molecule has 0 unspecified atom stereocenters. The molecule has 0 amide bonds. The minimum Gasteiger partial charge on any atom is -0.0654 e. The monoisotopic (exact) mass is 1190 g/mol. The van der Waals surface area contributed by atoms with Gasteiger partial charge in [-0.25, -0.2) is 0 Å². The number of benzene rings is 5. The first-order valence-corrected chi connectivity index (χ1v) is 37.6. The summed E-state index contributed by atoms with van der Waals surface area (Å²) in [6, 6.07) is 28.7. The first-order valence-electron chi connectivity index (χ1n) is 37.6. The topological polar surface area (TPSA) is 0 Å². The van der Waals surface area contributed by atoms with E-state index in [1.807, 2.05) is 0 Å². The maximum atomic E-state index is 2.53. The SMILES string of the molecule is CCCCc1cc(CCCC)c(-c2ccccc2)c(CCCC)c1.CCCCc1cc(CCCC)c(C(C)(C)C)c(CCCC)c1.CCCCc1cc(CCCC)c(C(C)C)c(CCCC)c1.CCCCc1cc(CCCC)c(C)c(CCCC)c1C. The standard InChI is InChI=1S/C24H34.C22H38.C21H36.C20H34/c1-4-7-13-20-18-22(14-8-5-2)24(21-16-11-10-12-17-21)23(19-20)15-9-6-3;1-7-10-13-18-16-19(14-11-8-2)21(22(4,5)6)20(17-18)15-12-9-3;1-6-9-12-18-15-19(13-10-7-2)21(17(4)5)20(16-18)14-11-8-3;1-6-9-12-18-15-19(13-10-7-2)17(5)20(16(18)4)14-11-8-3/h10-12,16-19H,4-9,13-15H2,1-3H3;16-17H,7-15H2,1-6H3;15-17H,6-14H2,1-5H3;15H,6-14H2,1-5H3. The molecule has 5 aromatic carbocycles. The molecule has 0 nitrogen and oxygen atoms in total. The Bertz CT molecular complexity index is 2420. The molecule has 0 saturated carbocycles. The number of unbranched alkanes of at least 4 members (excludes halogenated alkanes) is 12. The summed E-state index contributed by atoms with van der Waals surface area (Å²) in [6.45, 7) is 44.1. The lowest BCUT2D eigenvalue weighted by Gasteiger charge is -2.28. The van der Waals surface area contributed by atoms with Gasteiger partial charge in [-0.3, -0.25) is 0 Å². The minimum atomic E-state index is 0.259. The highest BCUT2D eigenvalue weighted by atomic mass is 14.3. The van der Waals surface area contributed by atoms with Crippen molar-refractivity contribution in [3.8, 4) is 11.1 Å². The molecule has 0 saturated heterocycles. The zero-order valence-corrected chi connectivity index (χ0v) is 61.5. The second kappa shape index (κ2) is 47.1. The number of aryl methyl sites for hydroxylation is 11. The van der Waals surface area contributed by atoms with E-state index in [4.69, 9.17) is 0 Å². The van der Waals surface area contributed by atoms with E-state index >= 15 is 0 Å². The van der Waals surface area contributed by atoms with Crippen molar-refractivity contribution in [3.05, 3.63) is 162 Å². The third kappa shape index (κ3) is 29.3. The van der Waals surface area contributed by atoms with E-state index in [-0.39, 0.29) is 5.41 Å². The van der Waals surface area contributed by atoms with Crippen LogP contribution in [0.5, 0.6) is 0 Å². The molecule has 0 heterocycles. The highest BCUT2D eigenvalue weighted by molar-refractivity contribution is 5.72.